The molecule has 0 fully saturated rings. The molecule has 2 rings (SSSR count). The first kappa shape index (κ1) is 17.8. The molecule has 1 atom stereocenters. The Bertz CT molecular complexity index is 819. The molecule has 1 N–H and O–H groups in total. The van der Waals surface area contributed by atoms with Crippen LogP contribution in [0.15, 0.2) is 41.3 Å². The number of ether oxygens (including phenoxy) is 1. The van der Waals surface area contributed by atoms with E-state index in [0.717, 1.165) is 16.7 Å². The summed E-state index contributed by atoms with van der Waals surface area (Å²) in [5.74, 6) is 0.259. The Kier molecular flexibility index (Phi) is 5.34. The summed E-state index contributed by atoms with van der Waals surface area (Å²) in [6.45, 7) is 5.75. The highest BCUT2D eigenvalue weighted by Crippen LogP contribution is 2.29. The van der Waals surface area contributed by atoms with Crippen molar-refractivity contribution in [3.63, 3.8) is 0 Å². The number of nitrogens with one attached hydrogen (secondary N) is 1. The number of rotatable bonds is 5. The number of halogens is 1. The first-order valence-corrected chi connectivity index (χ1v) is 9.03. The first-order valence-electron chi connectivity index (χ1n) is 7.17. The monoisotopic (exact) mass is 353 g/mol. The second kappa shape index (κ2) is 6.91. The summed E-state index contributed by atoms with van der Waals surface area (Å²) in [4.78, 5) is 0.0321. The number of hydrogen-bond acceptors (Lipinski definition) is 3. The molecule has 0 aliphatic rings. The SMILES string of the molecule is COc1ccc(Cl)cc1S(=O)(=O)NC(C)c1cc(C)ccc1C. The van der Waals surface area contributed by atoms with Crippen LogP contribution in [-0.4, -0.2) is 15.5 Å². The van der Waals surface area contributed by atoms with Crippen molar-refractivity contribution in [1.82, 2.24) is 4.72 Å². The third-order valence-electron chi connectivity index (χ3n) is 3.65. The molecule has 0 saturated carbocycles. The average molecular weight is 354 g/mol. The van der Waals surface area contributed by atoms with Crippen molar-refractivity contribution in [2.45, 2.75) is 31.7 Å². The van der Waals surface area contributed by atoms with Gasteiger partial charge in [-0.25, -0.2) is 13.1 Å². The predicted molar refractivity (Wildman–Crippen MR) is 92.7 cm³/mol. The summed E-state index contributed by atoms with van der Waals surface area (Å²) in [5.41, 5.74) is 3.05. The highest BCUT2D eigenvalue weighted by Gasteiger charge is 2.23. The lowest BCUT2D eigenvalue weighted by molar-refractivity contribution is 0.402. The molecule has 0 heterocycles. The summed E-state index contributed by atoms with van der Waals surface area (Å²) in [5, 5.41) is 0.338. The molecule has 0 radical (unpaired) electrons. The molecule has 1 unspecified atom stereocenters. The van der Waals surface area contributed by atoms with Gasteiger partial charge in [-0.1, -0.05) is 35.4 Å². The van der Waals surface area contributed by atoms with E-state index < -0.39 is 10.0 Å². The Morgan fingerprint density at radius 3 is 2.48 bits per heavy atom. The Morgan fingerprint density at radius 2 is 1.83 bits per heavy atom. The molecule has 0 spiro atoms. The van der Waals surface area contributed by atoms with E-state index in [-0.39, 0.29) is 16.7 Å². The van der Waals surface area contributed by atoms with Crippen molar-refractivity contribution in [3.8, 4) is 5.75 Å². The molecule has 0 saturated heterocycles. The van der Waals surface area contributed by atoms with Crippen molar-refractivity contribution in [1.29, 1.82) is 0 Å². The van der Waals surface area contributed by atoms with Crippen molar-refractivity contribution < 1.29 is 13.2 Å². The van der Waals surface area contributed by atoms with Gasteiger partial charge in [0.1, 0.15) is 10.6 Å². The van der Waals surface area contributed by atoms with Gasteiger partial charge in [0.25, 0.3) is 0 Å². The van der Waals surface area contributed by atoms with E-state index in [1.54, 1.807) is 12.1 Å². The van der Waals surface area contributed by atoms with E-state index >= 15 is 0 Å². The summed E-state index contributed by atoms with van der Waals surface area (Å²) < 4.78 is 33.2. The third-order valence-corrected chi connectivity index (χ3v) is 5.45. The maximum absolute atomic E-state index is 12.7. The van der Waals surface area contributed by atoms with Gasteiger partial charge in [0.2, 0.25) is 10.0 Å². The molecule has 2 aromatic rings. The molecule has 4 nitrogen and oxygen atoms in total. The predicted octanol–water partition coefficient (Wildman–Crippen LogP) is 4.00. The van der Waals surface area contributed by atoms with E-state index in [1.165, 1.54) is 13.2 Å². The minimum atomic E-state index is -3.76. The van der Waals surface area contributed by atoms with Gasteiger partial charge >= 0.3 is 0 Å². The standard InChI is InChI=1S/C17H20ClNO3S/c1-11-5-6-12(2)15(9-11)13(3)19-23(20,21)17-10-14(18)7-8-16(17)22-4/h5-10,13,19H,1-4H3. The Balaban J connectivity index is 2.38. The number of benzene rings is 2. The highest BCUT2D eigenvalue weighted by atomic mass is 35.5. The fraction of sp³-hybridized carbons (Fsp3) is 0.294. The second-order valence-electron chi connectivity index (χ2n) is 5.50. The number of hydrogen-bond donors (Lipinski definition) is 1. The van der Waals surface area contributed by atoms with Gasteiger partial charge < -0.3 is 4.74 Å². The lowest BCUT2D eigenvalue weighted by Crippen LogP contribution is -2.27. The Morgan fingerprint density at radius 1 is 1.13 bits per heavy atom. The van der Waals surface area contributed by atoms with Gasteiger partial charge in [-0.3, -0.25) is 0 Å². The molecule has 0 bridgehead atoms. The molecule has 23 heavy (non-hydrogen) atoms. The van der Waals surface area contributed by atoms with Crippen molar-refractivity contribution >= 4 is 21.6 Å². The molecule has 6 heteroatoms. The van der Waals surface area contributed by atoms with Gasteiger partial charge in [0, 0.05) is 11.1 Å². The summed E-state index contributed by atoms with van der Waals surface area (Å²) in [6, 6.07) is 10.1. The first-order chi connectivity index (χ1) is 10.7. The molecular formula is C17H20ClNO3S. The minimum Gasteiger partial charge on any atom is -0.495 e. The lowest BCUT2D eigenvalue weighted by Gasteiger charge is -2.18. The molecular weight excluding hydrogens is 334 g/mol. The van der Waals surface area contributed by atoms with E-state index in [9.17, 15) is 8.42 Å². The molecule has 124 valence electrons. The second-order valence-corrected chi connectivity index (χ2v) is 7.62. The fourth-order valence-electron chi connectivity index (χ4n) is 2.45. The average Bonchev–Trinajstić information content (AvgIpc) is 2.49. The van der Waals surface area contributed by atoms with Crippen LogP contribution < -0.4 is 9.46 Å². The van der Waals surface area contributed by atoms with Crippen LogP contribution >= 0.6 is 11.6 Å². The van der Waals surface area contributed by atoms with Crippen LogP contribution in [0.4, 0.5) is 0 Å². The number of methoxy groups -OCH3 is 1. The van der Waals surface area contributed by atoms with E-state index in [2.05, 4.69) is 4.72 Å². The Labute approximate surface area is 142 Å². The zero-order valence-corrected chi connectivity index (χ0v) is 15.1. The maximum Gasteiger partial charge on any atom is 0.244 e. The van der Waals surface area contributed by atoms with Crippen molar-refractivity contribution in [2.24, 2.45) is 0 Å². The molecule has 0 aliphatic carbocycles. The summed E-state index contributed by atoms with van der Waals surface area (Å²) in [7, 11) is -2.33. The summed E-state index contributed by atoms with van der Waals surface area (Å²) >= 11 is 5.93. The van der Waals surface area contributed by atoms with E-state index in [4.69, 9.17) is 16.3 Å². The summed E-state index contributed by atoms with van der Waals surface area (Å²) in [6.07, 6.45) is 0. The number of sulfonamides is 1. The maximum atomic E-state index is 12.7. The van der Waals surface area contributed by atoms with Gasteiger partial charge in [-0.05, 0) is 50.1 Å². The van der Waals surface area contributed by atoms with E-state index in [0.29, 0.717) is 5.02 Å². The molecule has 2 aromatic carbocycles. The molecule has 0 aliphatic heterocycles. The van der Waals surface area contributed by atoms with Crippen LogP contribution in [-0.2, 0) is 10.0 Å². The normalized spacial score (nSPS) is 12.9. The van der Waals surface area contributed by atoms with Gasteiger partial charge in [-0.2, -0.15) is 0 Å². The highest BCUT2D eigenvalue weighted by molar-refractivity contribution is 7.89. The van der Waals surface area contributed by atoms with Crippen molar-refractivity contribution in [3.05, 3.63) is 58.1 Å². The largest absolute Gasteiger partial charge is 0.495 e. The van der Waals surface area contributed by atoms with E-state index in [1.807, 2.05) is 39.0 Å². The topological polar surface area (TPSA) is 55.4 Å². The Hall–Kier alpha value is -1.56. The van der Waals surface area contributed by atoms with Crippen LogP contribution in [0.3, 0.4) is 0 Å². The van der Waals surface area contributed by atoms with Gasteiger partial charge in [0.15, 0.2) is 0 Å². The van der Waals surface area contributed by atoms with Crippen LogP contribution in [0, 0.1) is 13.8 Å². The quantitative estimate of drug-likeness (QED) is 0.883. The fourth-order valence-corrected chi connectivity index (χ4v) is 4.10. The third kappa shape index (κ3) is 4.05. The zero-order chi connectivity index (χ0) is 17.2. The van der Waals surface area contributed by atoms with Crippen LogP contribution in [0.5, 0.6) is 5.75 Å². The van der Waals surface area contributed by atoms with Crippen LogP contribution in [0.25, 0.3) is 0 Å². The number of aryl methyl sites for hydroxylation is 2. The smallest absolute Gasteiger partial charge is 0.244 e. The molecule has 0 amide bonds. The van der Waals surface area contributed by atoms with Gasteiger partial charge in [-0.15, -0.1) is 0 Å². The van der Waals surface area contributed by atoms with Gasteiger partial charge in [0.05, 0.1) is 7.11 Å². The lowest BCUT2D eigenvalue weighted by atomic mass is 10.0. The molecule has 0 aromatic heterocycles. The van der Waals surface area contributed by atoms with Crippen molar-refractivity contribution in [2.75, 3.05) is 7.11 Å². The van der Waals surface area contributed by atoms with Crippen LogP contribution in [0.2, 0.25) is 5.02 Å². The minimum absolute atomic E-state index is 0.0321. The van der Waals surface area contributed by atoms with Crippen LogP contribution in [0.1, 0.15) is 29.7 Å². The zero-order valence-electron chi connectivity index (χ0n) is 13.6.